The number of hydrogen-bond acceptors (Lipinski definition) is 2. The molecule has 0 aliphatic rings. The van der Waals surface area contributed by atoms with E-state index < -0.39 is 0 Å². The molecular formula is C11H16N2O2. The van der Waals surface area contributed by atoms with E-state index in [2.05, 4.69) is 16.7 Å². The van der Waals surface area contributed by atoms with Crippen LogP contribution in [0.3, 0.4) is 0 Å². The maximum Gasteiger partial charge on any atom is 0.321 e. The number of rotatable bonds is 3. The van der Waals surface area contributed by atoms with Crippen molar-refractivity contribution in [3.05, 3.63) is 29.3 Å². The van der Waals surface area contributed by atoms with Crippen molar-refractivity contribution in [2.75, 3.05) is 19.2 Å². The van der Waals surface area contributed by atoms with Gasteiger partial charge in [-0.2, -0.15) is 0 Å². The van der Waals surface area contributed by atoms with Crippen LogP contribution in [0.25, 0.3) is 0 Å². The number of amides is 2. The molecule has 4 nitrogen and oxygen atoms in total. The van der Waals surface area contributed by atoms with Gasteiger partial charge in [0.1, 0.15) is 6.73 Å². The van der Waals surface area contributed by atoms with Crippen molar-refractivity contribution >= 4 is 11.7 Å². The van der Waals surface area contributed by atoms with Gasteiger partial charge in [-0.3, -0.25) is 0 Å². The smallest absolute Gasteiger partial charge is 0.321 e. The monoisotopic (exact) mass is 208 g/mol. The van der Waals surface area contributed by atoms with Crippen LogP contribution in [0, 0.1) is 13.8 Å². The van der Waals surface area contributed by atoms with Crippen molar-refractivity contribution in [1.29, 1.82) is 0 Å². The van der Waals surface area contributed by atoms with Gasteiger partial charge >= 0.3 is 6.03 Å². The first-order valence-corrected chi connectivity index (χ1v) is 4.74. The number of carbonyl (C=O) groups excluding carboxylic acids is 1. The first kappa shape index (κ1) is 11.5. The van der Waals surface area contributed by atoms with E-state index in [1.165, 1.54) is 7.11 Å². The summed E-state index contributed by atoms with van der Waals surface area (Å²) < 4.78 is 4.73. The van der Waals surface area contributed by atoms with Crippen LogP contribution >= 0.6 is 0 Å². The number of ether oxygens (including phenoxy) is 1. The zero-order valence-electron chi connectivity index (χ0n) is 9.26. The average Bonchev–Trinajstić information content (AvgIpc) is 2.13. The summed E-state index contributed by atoms with van der Waals surface area (Å²) in [7, 11) is 1.52. The Hall–Kier alpha value is -1.55. The molecule has 0 saturated carbocycles. The van der Waals surface area contributed by atoms with Crippen molar-refractivity contribution < 1.29 is 9.53 Å². The Bertz CT molecular complexity index is 330. The molecule has 15 heavy (non-hydrogen) atoms. The van der Waals surface area contributed by atoms with Gasteiger partial charge in [0.25, 0.3) is 0 Å². The molecule has 0 aliphatic carbocycles. The molecule has 1 rings (SSSR count). The van der Waals surface area contributed by atoms with Crippen LogP contribution in [0.1, 0.15) is 11.1 Å². The highest BCUT2D eigenvalue weighted by Crippen LogP contribution is 2.13. The lowest BCUT2D eigenvalue weighted by molar-refractivity contribution is 0.177. The predicted molar refractivity (Wildman–Crippen MR) is 59.9 cm³/mol. The van der Waals surface area contributed by atoms with E-state index >= 15 is 0 Å². The number of nitrogens with one attached hydrogen (secondary N) is 2. The van der Waals surface area contributed by atoms with E-state index in [1.807, 2.05) is 26.0 Å². The summed E-state index contributed by atoms with van der Waals surface area (Å²) in [5.41, 5.74) is 3.04. The number of carbonyl (C=O) groups is 1. The fourth-order valence-electron chi connectivity index (χ4n) is 1.36. The van der Waals surface area contributed by atoms with Crippen molar-refractivity contribution in [3.8, 4) is 0 Å². The van der Waals surface area contributed by atoms with E-state index in [-0.39, 0.29) is 12.8 Å². The largest absolute Gasteiger partial charge is 0.364 e. The van der Waals surface area contributed by atoms with Gasteiger partial charge in [0.05, 0.1) is 0 Å². The first-order chi connectivity index (χ1) is 7.11. The number of urea groups is 1. The number of aryl methyl sites for hydroxylation is 2. The Morgan fingerprint density at radius 3 is 2.40 bits per heavy atom. The van der Waals surface area contributed by atoms with Gasteiger partial charge in [0.2, 0.25) is 0 Å². The summed E-state index contributed by atoms with van der Waals surface area (Å²) in [6.45, 7) is 4.19. The van der Waals surface area contributed by atoms with E-state index in [4.69, 9.17) is 4.74 Å². The molecule has 2 N–H and O–H groups in total. The molecule has 0 saturated heterocycles. The van der Waals surface area contributed by atoms with Crippen molar-refractivity contribution in [3.63, 3.8) is 0 Å². The minimum atomic E-state index is -0.262. The Kier molecular flexibility index (Phi) is 4.12. The van der Waals surface area contributed by atoms with Gasteiger partial charge in [-0.15, -0.1) is 0 Å². The van der Waals surface area contributed by atoms with Crippen LogP contribution in [0.15, 0.2) is 18.2 Å². The SMILES string of the molecule is COCNC(=O)Nc1cc(C)cc(C)c1. The summed E-state index contributed by atoms with van der Waals surface area (Å²) in [5, 5.41) is 5.28. The Morgan fingerprint density at radius 1 is 1.27 bits per heavy atom. The van der Waals surface area contributed by atoms with Crippen LogP contribution in [0.5, 0.6) is 0 Å². The molecule has 1 aromatic rings. The summed E-state index contributed by atoms with van der Waals surface area (Å²) in [5.74, 6) is 0. The predicted octanol–water partition coefficient (Wildman–Crippen LogP) is 2.03. The van der Waals surface area contributed by atoms with Gasteiger partial charge in [-0.05, 0) is 37.1 Å². The molecule has 0 fully saturated rings. The summed E-state index contributed by atoms with van der Waals surface area (Å²) in [6, 6.07) is 5.62. The maximum atomic E-state index is 11.3. The van der Waals surface area contributed by atoms with E-state index in [0.717, 1.165) is 16.8 Å². The van der Waals surface area contributed by atoms with Crippen LogP contribution in [0.4, 0.5) is 10.5 Å². The van der Waals surface area contributed by atoms with Gasteiger partial charge in [-0.1, -0.05) is 6.07 Å². The van der Waals surface area contributed by atoms with E-state index in [0.29, 0.717) is 0 Å². The molecule has 0 bridgehead atoms. The molecule has 0 atom stereocenters. The highest BCUT2D eigenvalue weighted by atomic mass is 16.5. The maximum absolute atomic E-state index is 11.3. The Labute approximate surface area is 89.6 Å². The number of anilines is 1. The molecule has 4 heteroatoms. The summed E-state index contributed by atoms with van der Waals surface area (Å²) >= 11 is 0. The molecule has 82 valence electrons. The Balaban J connectivity index is 2.60. The molecule has 0 unspecified atom stereocenters. The second-order valence-electron chi connectivity index (χ2n) is 3.44. The molecule has 0 spiro atoms. The normalized spacial score (nSPS) is 9.80. The zero-order chi connectivity index (χ0) is 11.3. The highest BCUT2D eigenvalue weighted by Gasteiger charge is 2.01. The third kappa shape index (κ3) is 3.99. The van der Waals surface area contributed by atoms with Crippen molar-refractivity contribution in [2.24, 2.45) is 0 Å². The summed E-state index contributed by atoms with van der Waals surface area (Å²) in [6.07, 6.45) is 0. The van der Waals surface area contributed by atoms with Gasteiger partial charge in [-0.25, -0.2) is 4.79 Å². The zero-order valence-corrected chi connectivity index (χ0v) is 9.26. The molecule has 1 aromatic carbocycles. The molecule has 0 heterocycles. The minimum absolute atomic E-state index is 0.205. The lowest BCUT2D eigenvalue weighted by Gasteiger charge is -2.08. The van der Waals surface area contributed by atoms with Crippen LogP contribution in [-0.4, -0.2) is 19.9 Å². The summed E-state index contributed by atoms with van der Waals surface area (Å²) in [4.78, 5) is 11.3. The lowest BCUT2D eigenvalue weighted by Crippen LogP contribution is -2.30. The van der Waals surface area contributed by atoms with Gasteiger partial charge < -0.3 is 15.4 Å². The number of methoxy groups -OCH3 is 1. The molecule has 0 aromatic heterocycles. The van der Waals surface area contributed by atoms with Crippen LogP contribution in [-0.2, 0) is 4.74 Å². The molecule has 0 aliphatic heterocycles. The van der Waals surface area contributed by atoms with E-state index in [9.17, 15) is 4.79 Å². The third-order valence-corrected chi connectivity index (χ3v) is 1.86. The Morgan fingerprint density at radius 2 is 1.87 bits per heavy atom. The second-order valence-corrected chi connectivity index (χ2v) is 3.44. The number of benzene rings is 1. The fraction of sp³-hybridized carbons (Fsp3) is 0.364. The van der Waals surface area contributed by atoms with Crippen molar-refractivity contribution in [2.45, 2.75) is 13.8 Å². The van der Waals surface area contributed by atoms with Crippen molar-refractivity contribution in [1.82, 2.24) is 5.32 Å². The van der Waals surface area contributed by atoms with Gasteiger partial charge in [0, 0.05) is 12.8 Å². The minimum Gasteiger partial charge on any atom is -0.364 e. The third-order valence-electron chi connectivity index (χ3n) is 1.86. The lowest BCUT2D eigenvalue weighted by atomic mass is 10.1. The number of hydrogen-bond donors (Lipinski definition) is 2. The first-order valence-electron chi connectivity index (χ1n) is 4.74. The second kappa shape index (κ2) is 5.36. The fourth-order valence-corrected chi connectivity index (χ4v) is 1.36. The van der Waals surface area contributed by atoms with Crippen LogP contribution in [0.2, 0.25) is 0 Å². The molecule has 0 radical (unpaired) electrons. The standard InChI is InChI=1S/C11H16N2O2/c1-8-4-9(2)6-10(5-8)13-11(14)12-7-15-3/h4-6H,7H2,1-3H3,(H2,12,13,14). The molecular weight excluding hydrogens is 192 g/mol. The quantitative estimate of drug-likeness (QED) is 0.747. The van der Waals surface area contributed by atoms with E-state index in [1.54, 1.807) is 0 Å². The topological polar surface area (TPSA) is 50.4 Å². The highest BCUT2D eigenvalue weighted by molar-refractivity contribution is 5.89. The van der Waals surface area contributed by atoms with Gasteiger partial charge in [0.15, 0.2) is 0 Å². The average molecular weight is 208 g/mol. The molecule has 2 amide bonds. The van der Waals surface area contributed by atoms with Crippen LogP contribution < -0.4 is 10.6 Å².